The van der Waals surface area contributed by atoms with Crippen LogP contribution in [0.15, 0.2) is 48.5 Å². The third kappa shape index (κ3) is 6.20. The SMILES string of the molecule is CC(C)Oc1cccc(NC(=O)C2CCCN(S(=O)(=O)Cc3cccc(Cl)c3)C2)c1. The van der Waals surface area contributed by atoms with E-state index in [0.29, 0.717) is 41.4 Å². The number of hydrogen-bond acceptors (Lipinski definition) is 4. The molecule has 1 N–H and O–H groups in total. The molecule has 1 fully saturated rings. The zero-order valence-electron chi connectivity index (χ0n) is 17.2. The number of ether oxygens (including phenoxy) is 1. The van der Waals surface area contributed by atoms with Crippen LogP contribution in [0.1, 0.15) is 32.3 Å². The minimum absolute atomic E-state index is 0.0348. The van der Waals surface area contributed by atoms with Crippen molar-refractivity contribution in [1.82, 2.24) is 4.31 Å². The van der Waals surface area contributed by atoms with Gasteiger partial charge in [0.1, 0.15) is 5.75 Å². The summed E-state index contributed by atoms with van der Waals surface area (Å²) in [6.07, 6.45) is 1.33. The molecule has 0 radical (unpaired) electrons. The zero-order valence-corrected chi connectivity index (χ0v) is 18.7. The molecule has 30 heavy (non-hydrogen) atoms. The first-order chi connectivity index (χ1) is 14.2. The molecule has 162 valence electrons. The third-order valence-electron chi connectivity index (χ3n) is 4.86. The van der Waals surface area contributed by atoms with Crippen LogP contribution >= 0.6 is 11.6 Å². The van der Waals surface area contributed by atoms with Crippen LogP contribution < -0.4 is 10.1 Å². The minimum Gasteiger partial charge on any atom is -0.491 e. The Morgan fingerprint density at radius 2 is 2.00 bits per heavy atom. The minimum atomic E-state index is -3.54. The van der Waals surface area contributed by atoms with Crippen LogP contribution in [-0.2, 0) is 20.6 Å². The number of anilines is 1. The number of benzene rings is 2. The lowest BCUT2D eigenvalue weighted by molar-refractivity contribution is -0.120. The van der Waals surface area contributed by atoms with Crippen molar-refractivity contribution in [2.75, 3.05) is 18.4 Å². The number of nitrogens with zero attached hydrogens (tertiary/aromatic N) is 1. The van der Waals surface area contributed by atoms with E-state index in [4.69, 9.17) is 16.3 Å². The molecule has 0 aromatic heterocycles. The van der Waals surface area contributed by atoms with Crippen LogP contribution in [0.2, 0.25) is 5.02 Å². The molecule has 1 unspecified atom stereocenters. The number of hydrogen-bond donors (Lipinski definition) is 1. The Morgan fingerprint density at radius 1 is 1.23 bits per heavy atom. The van der Waals surface area contributed by atoms with Crippen molar-refractivity contribution in [2.45, 2.75) is 38.5 Å². The van der Waals surface area contributed by atoms with E-state index in [1.54, 1.807) is 36.4 Å². The van der Waals surface area contributed by atoms with Crippen molar-refractivity contribution in [3.05, 3.63) is 59.1 Å². The van der Waals surface area contributed by atoms with Crippen LogP contribution in [0.3, 0.4) is 0 Å². The smallest absolute Gasteiger partial charge is 0.228 e. The standard InChI is InChI=1S/C22H27ClN2O4S/c1-16(2)29-21-10-4-9-20(13-21)24-22(26)18-7-5-11-25(14-18)30(27,28)15-17-6-3-8-19(23)12-17/h3-4,6,8-10,12-13,16,18H,5,7,11,14-15H2,1-2H3,(H,24,26). The number of nitrogens with one attached hydrogen (secondary N) is 1. The number of sulfonamides is 1. The van der Waals surface area contributed by atoms with Gasteiger partial charge in [-0.25, -0.2) is 12.7 Å². The number of carbonyl (C=O) groups is 1. The average molecular weight is 451 g/mol. The first kappa shape index (κ1) is 22.6. The van der Waals surface area contributed by atoms with E-state index in [2.05, 4.69) is 5.32 Å². The molecule has 3 rings (SSSR count). The zero-order chi connectivity index (χ0) is 21.7. The number of carbonyl (C=O) groups excluding carboxylic acids is 1. The lowest BCUT2D eigenvalue weighted by atomic mass is 9.98. The second-order valence-electron chi connectivity index (χ2n) is 7.77. The Balaban J connectivity index is 1.64. The maximum atomic E-state index is 12.9. The van der Waals surface area contributed by atoms with E-state index in [0.717, 1.165) is 0 Å². The molecule has 6 nitrogen and oxygen atoms in total. The third-order valence-corrected chi connectivity index (χ3v) is 6.91. The first-order valence-electron chi connectivity index (χ1n) is 10.0. The molecule has 1 saturated heterocycles. The highest BCUT2D eigenvalue weighted by atomic mass is 35.5. The van der Waals surface area contributed by atoms with Crippen molar-refractivity contribution in [2.24, 2.45) is 5.92 Å². The predicted molar refractivity (Wildman–Crippen MR) is 119 cm³/mol. The van der Waals surface area contributed by atoms with E-state index < -0.39 is 15.9 Å². The van der Waals surface area contributed by atoms with E-state index in [1.807, 2.05) is 26.0 Å². The summed E-state index contributed by atoms with van der Waals surface area (Å²) in [6, 6.07) is 14.0. The van der Waals surface area contributed by atoms with E-state index >= 15 is 0 Å². The summed E-state index contributed by atoms with van der Waals surface area (Å²) in [5, 5.41) is 3.40. The number of rotatable bonds is 7. The molecular weight excluding hydrogens is 424 g/mol. The molecule has 0 aliphatic carbocycles. The Labute approximate surface area is 183 Å². The topological polar surface area (TPSA) is 75.7 Å². The molecule has 1 aliphatic heterocycles. The molecule has 1 aliphatic rings. The first-order valence-corrected chi connectivity index (χ1v) is 12.0. The van der Waals surface area contributed by atoms with Gasteiger partial charge in [0.05, 0.1) is 17.8 Å². The van der Waals surface area contributed by atoms with Gasteiger partial charge in [-0.2, -0.15) is 0 Å². The van der Waals surface area contributed by atoms with E-state index in [1.165, 1.54) is 4.31 Å². The molecule has 8 heteroatoms. The highest BCUT2D eigenvalue weighted by molar-refractivity contribution is 7.88. The van der Waals surface area contributed by atoms with Gasteiger partial charge in [0.2, 0.25) is 15.9 Å². The van der Waals surface area contributed by atoms with Crippen LogP contribution in [-0.4, -0.2) is 37.8 Å². The van der Waals surface area contributed by atoms with Crippen molar-refractivity contribution in [3.8, 4) is 5.75 Å². The Kier molecular flexibility index (Phi) is 7.39. The molecular formula is C22H27ClN2O4S. The van der Waals surface area contributed by atoms with Gasteiger partial charge < -0.3 is 10.1 Å². The highest BCUT2D eigenvalue weighted by Crippen LogP contribution is 2.25. The van der Waals surface area contributed by atoms with Gasteiger partial charge in [-0.1, -0.05) is 29.8 Å². The van der Waals surface area contributed by atoms with Crippen LogP contribution in [0.25, 0.3) is 0 Å². The largest absolute Gasteiger partial charge is 0.491 e. The summed E-state index contributed by atoms with van der Waals surface area (Å²) in [5.41, 5.74) is 1.27. The fourth-order valence-corrected chi connectivity index (χ4v) is 5.31. The maximum Gasteiger partial charge on any atom is 0.228 e. The van der Waals surface area contributed by atoms with Crippen LogP contribution in [0.4, 0.5) is 5.69 Å². The molecule has 1 amide bonds. The van der Waals surface area contributed by atoms with Gasteiger partial charge in [-0.15, -0.1) is 0 Å². The van der Waals surface area contributed by atoms with E-state index in [9.17, 15) is 13.2 Å². The van der Waals surface area contributed by atoms with Crippen LogP contribution in [0, 0.1) is 5.92 Å². The molecule has 2 aromatic rings. The lowest BCUT2D eigenvalue weighted by Crippen LogP contribution is -2.44. The lowest BCUT2D eigenvalue weighted by Gasteiger charge is -2.31. The highest BCUT2D eigenvalue weighted by Gasteiger charge is 2.32. The number of piperidine rings is 1. The van der Waals surface area contributed by atoms with Gasteiger partial charge >= 0.3 is 0 Å². The summed E-state index contributed by atoms with van der Waals surface area (Å²) >= 11 is 5.97. The van der Waals surface area contributed by atoms with Gasteiger partial charge in [0.25, 0.3) is 0 Å². The van der Waals surface area contributed by atoms with Crippen LogP contribution in [0.5, 0.6) is 5.75 Å². The molecule has 1 heterocycles. The second-order valence-corrected chi connectivity index (χ2v) is 10.2. The Bertz CT molecular complexity index is 994. The second kappa shape index (κ2) is 9.81. The molecule has 1 atom stereocenters. The number of amides is 1. The fraction of sp³-hybridized carbons (Fsp3) is 0.409. The maximum absolute atomic E-state index is 12.9. The average Bonchev–Trinajstić information content (AvgIpc) is 2.67. The summed E-state index contributed by atoms with van der Waals surface area (Å²) in [7, 11) is -3.54. The van der Waals surface area contributed by atoms with Gasteiger partial charge in [0, 0.05) is 29.9 Å². The van der Waals surface area contributed by atoms with Crippen molar-refractivity contribution in [1.29, 1.82) is 0 Å². The Hall–Kier alpha value is -2.09. The molecule has 0 bridgehead atoms. The summed E-state index contributed by atoms with van der Waals surface area (Å²) in [4.78, 5) is 12.8. The van der Waals surface area contributed by atoms with Crippen molar-refractivity contribution >= 4 is 33.2 Å². The Morgan fingerprint density at radius 3 is 2.73 bits per heavy atom. The van der Waals surface area contributed by atoms with Crippen molar-refractivity contribution in [3.63, 3.8) is 0 Å². The predicted octanol–water partition coefficient (Wildman–Crippen LogP) is 4.31. The molecule has 2 aromatic carbocycles. The monoisotopic (exact) mass is 450 g/mol. The normalized spacial score (nSPS) is 17.7. The van der Waals surface area contributed by atoms with Gasteiger partial charge in [-0.05, 0) is 56.5 Å². The van der Waals surface area contributed by atoms with Gasteiger partial charge in [-0.3, -0.25) is 4.79 Å². The fourth-order valence-electron chi connectivity index (χ4n) is 3.50. The summed E-state index contributed by atoms with van der Waals surface area (Å²) in [6.45, 7) is 4.47. The summed E-state index contributed by atoms with van der Waals surface area (Å²) in [5.74, 6) is -0.0321. The quantitative estimate of drug-likeness (QED) is 0.682. The van der Waals surface area contributed by atoms with E-state index in [-0.39, 0.29) is 24.3 Å². The number of halogens is 1. The van der Waals surface area contributed by atoms with Crippen molar-refractivity contribution < 1.29 is 17.9 Å². The summed E-state index contributed by atoms with van der Waals surface area (Å²) < 4.78 is 32.8. The van der Waals surface area contributed by atoms with Gasteiger partial charge in [0.15, 0.2) is 0 Å². The molecule has 0 saturated carbocycles. The molecule has 0 spiro atoms.